The minimum atomic E-state index is 0.250. The van der Waals surface area contributed by atoms with Crippen LogP contribution in [-0.2, 0) is 13.2 Å². The summed E-state index contributed by atoms with van der Waals surface area (Å²) in [5.74, 6) is 1.40. The molecule has 2 rings (SSSR count). The molecule has 1 heterocycles. The summed E-state index contributed by atoms with van der Waals surface area (Å²) < 4.78 is 12.7. The van der Waals surface area contributed by atoms with Crippen molar-refractivity contribution in [2.75, 3.05) is 7.11 Å². The smallest absolute Gasteiger partial charge is 0.172 e. The van der Waals surface area contributed by atoms with Crippen molar-refractivity contribution in [3.63, 3.8) is 0 Å². The summed E-state index contributed by atoms with van der Waals surface area (Å²) in [5.41, 5.74) is 1.04. The second-order valence-electron chi connectivity index (χ2n) is 4.94. The first kappa shape index (κ1) is 16.0. The Balaban J connectivity index is 2.06. The zero-order chi connectivity index (χ0) is 15.8. The van der Waals surface area contributed by atoms with Gasteiger partial charge in [0.15, 0.2) is 12.0 Å². The lowest BCUT2D eigenvalue weighted by atomic mass is 10.2. The van der Waals surface area contributed by atoms with Crippen molar-refractivity contribution in [1.82, 2.24) is 15.0 Å². The van der Waals surface area contributed by atoms with Gasteiger partial charge in [-0.1, -0.05) is 31.0 Å². The van der Waals surface area contributed by atoms with Crippen LogP contribution in [0.4, 0.5) is 0 Å². The van der Waals surface area contributed by atoms with Gasteiger partial charge in [-0.2, -0.15) is 0 Å². The lowest BCUT2D eigenvalue weighted by Gasteiger charge is -2.09. The Kier molecular flexibility index (Phi) is 5.94. The maximum absolute atomic E-state index is 11.1. The fraction of sp³-hybridized carbons (Fsp3) is 0.438. The Morgan fingerprint density at radius 1 is 1.27 bits per heavy atom. The van der Waals surface area contributed by atoms with Gasteiger partial charge in [-0.15, -0.1) is 5.10 Å². The molecule has 6 nitrogen and oxygen atoms in total. The lowest BCUT2D eigenvalue weighted by Crippen LogP contribution is -2.09. The maximum atomic E-state index is 11.1. The van der Waals surface area contributed by atoms with Gasteiger partial charge in [0.2, 0.25) is 0 Å². The van der Waals surface area contributed by atoms with Crippen LogP contribution in [0.1, 0.15) is 42.4 Å². The number of methoxy groups -OCH3 is 1. The van der Waals surface area contributed by atoms with E-state index in [1.807, 2.05) is 18.2 Å². The predicted molar refractivity (Wildman–Crippen MR) is 82.3 cm³/mol. The highest BCUT2D eigenvalue weighted by Crippen LogP contribution is 2.20. The summed E-state index contributed by atoms with van der Waals surface area (Å²) in [6.45, 7) is 3.14. The number of carbonyl (C=O) groups is 1. The number of aromatic nitrogens is 3. The first-order valence-electron chi connectivity index (χ1n) is 7.43. The highest BCUT2D eigenvalue weighted by Gasteiger charge is 2.13. The van der Waals surface area contributed by atoms with Crippen molar-refractivity contribution in [2.24, 2.45) is 0 Å². The molecule has 1 aromatic carbocycles. The number of rotatable bonds is 9. The quantitative estimate of drug-likeness (QED) is 0.526. The molecular formula is C16H21N3O3. The minimum Gasteiger partial charge on any atom is -0.497 e. The molecule has 0 saturated carbocycles. The molecule has 2 aromatic rings. The van der Waals surface area contributed by atoms with Crippen LogP contribution in [0.5, 0.6) is 11.5 Å². The Labute approximate surface area is 130 Å². The van der Waals surface area contributed by atoms with Crippen LogP contribution in [-0.4, -0.2) is 28.4 Å². The zero-order valence-corrected chi connectivity index (χ0v) is 13.0. The minimum absolute atomic E-state index is 0.250. The topological polar surface area (TPSA) is 66.2 Å². The lowest BCUT2D eigenvalue weighted by molar-refractivity contribution is 0.111. The van der Waals surface area contributed by atoms with E-state index in [0.717, 1.165) is 31.6 Å². The van der Waals surface area contributed by atoms with Gasteiger partial charge >= 0.3 is 0 Å². The van der Waals surface area contributed by atoms with Gasteiger partial charge in [0.05, 0.1) is 7.11 Å². The molecule has 1 aromatic heterocycles. The molecule has 0 aliphatic carbocycles. The van der Waals surface area contributed by atoms with Gasteiger partial charge in [0, 0.05) is 12.6 Å². The van der Waals surface area contributed by atoms with E-state index in [0.29, 0.717) is 23.4 Å². The van der Waals surface area contributed by atoms with E-state index >= 15 is 0 Å². The predicted octanol–water partition coefficient (Wildman–Crippen LogP) is 2.87. The molecule has 0 N–H and O–H groups in total. The van der Waals surface area contributed by atoms with Crippen molar-refractivity contribution in [2.45, 2.75) is 39.3 Å². The number of aryl methyl sites for hydroxylation is 1. The first-order valence-corrected chi connectivity index (χ1v) is 7.43. The van der Waals surface area contributed by atoms with Gasteiger partial charge in [0.25, 0.3) is 0 Å². The second-order valence-corrected chi connectivity index (χ2v) is 4.94. The Morgan fingerprint density at radius 3 is 2.82 bits per heavy atom. The van der Waals surface area contributed by atoms with Gasteiger partial charge in [0.1, 0.15) is 23.8 Å². The summed E-state index contributed by atoms with van der Waals surface area (Å²) in [6, 6.07) is 7.34. The first-order chi connectivity index (χ1) is 10.8. The van der Waals surface area contributed by atoms with Crippen LogP contribution in [0.3, 0.4) is 0 Å². The number of nitrogens with zero attached hydrogens (tertiary/aromatic N) is 3. The van der Waals surface area contributed by atoms with Crippen LogP contribution < -0.4 is 9.47 Å². The summed E-state index contributed by atoms with van der Waals surface area (Å²) in [7, 11) is 1.61. The fourth-order valence-electron chi connectivity index (χ4n) is 2.12. The van der Waals surface area contributed by atoms with Gasteiger partial charge in [-0.25, -0.2) is 4.68 Å². The third kappa shape index (κ3) is 4.07. The fourth-order valence-corrected chi connectivity index (χ4v) is 2.12. The van der Waals surface area contributed by atoms with Crippen molar-refractivity contribution in [3.05, 3.63) is 35.7 Å². The number of ether oxygens (including phenoxy) is 2. The number of benzene rings is 1. The molecule has 0 bridgehead atoms. The molecule has 0 atom stereocenters. The standard InChI is InChI=1S/C16H21N3O3/c1-3-4-5-9-19-16(15(11-20)17-18-19)12-22-14-8-6-7-13(10-14)21-2/h6-8,10-11H,3-5,9,12H2,1-2H3. The van der Waals surface area contributed by atoms with Gasteiger partial charge in [-0.3, -0.25) is 4.79 Å². The monoisotopic (exact) mass is 303 g/mol. The van der Waals surface area contributed by atoms with Gasteiger partial charge in [-0.05, 0) is 18.6 Å². The normalized spacial score (nSPS) is 10.5. The Hall–Kier alpha value is -2.37. The molecule has 0 unspecified atom stereocenters. The number of hydrogen-bond acceptors (Lipinski definition) is 5. The zero-order valence-electron chi connectivity index (χ0n) is 13.0. The summed E-state index contributed by atoms with van der Waals surface area (Å²) in [5, 5.41) is 7.94. The van der Waals surface area contributed by atoms with Crippen LogP contribution >= 0.6 is 0 Å². The van der Waals surface area contributed by atoms with Crippen LogP contribution in [0.2, 0.25) is 0 Å². The molecular weight excluding hydrogens is 282 g/mol. The second kappa shape index (κ2) is 8.17. The third-order valence-electron chi connectivity index (χ3n) is 3.37. The van der Waals surface area contributed by atoms with E-state index in [9.17, 15) is 4.79 Å². The molecule has 0 aliphatic heterocycles. The molecule has 0 saturated heterocycles. The van der Waals surface area contributed by atoms with E-state index in [1.165, 1.54) is 0 Å². The number of unbranched alkanes of at least 4 members (excludes halogenated alkanes) is 2. The Morgan fingerprint density at radius 2 is 2.09 bits per heavy atom. The highest BCUT2D eigenvalue weighted by molar-refractivity contribution is 5.73. The molecule has 0 fully saturated rings. The molecule has 0 spiro atoms. The van der Waals surface area contributed by atoms with E-state index in [4.69, 9.17) is 9.47 Å². The molecule has 22 heavy (non-hydrogen) atoms. The molecule has 6 heteroatoms. The van der Waals surface area contributed by atoms with Crippen molar-refractivity contribution >= 4 is 6.29 Å². The SMILES string of the molecule is CCCCCn1nnc(C=O)c1COc1cccc(OC)c1. The summed E-state index contributed by atoms with van der Waals surface area (Å²) >= 11 is 0. The molecule has 118 valence electrons. The largest absolute Gasteiger partial charge is 0.497 e. The third-order valence-corrected chi connectivity index (χ3v) is 3.37. The maximum Gasteiger partial charge on any atom is 0.172 e. The van der Waals surface area contributed by atoms with E-state index in [1.54, 1.807) is 17.9 Å². The summed E-state index contributed by atoms with van der Waals surface area (Å²) in [4.78, 5) is 11.1. The number of aldehydes is 1. The van der Waals surface area contributed by atoms with Crippen LogP contribution in [0, 0.1) is 0 Å². The highest BCUT2D eigenvalue weighted by atomic mass is 16.5. The summed E-state index contributed by atoms with van der Waals surface area (Å²) in [6.07, 6.45) is 3.97. The van der Waals surface area contributed by atoms with Crippen molar-refractivity contribution in [1.29, 1.82) is 0 Å². The number of carbonyl (C=O) groups excluding carboxylic acids is 1. The van der Waals surface area contributed by atoms with Crippen LogP contribution in [0.15, 0.2) is 24.3 Å². The van der Waals surface area contributed by atoms with E-state index in [2.05, 4.69) is 17.2 Å². The van der Waals surface area contributed by atoms with E-state index < -0.39 is 0 Å². The molecule has 0 aliphatic rings. The molecule has 0 radical (unpaired) electrons. The van der Waals surface area contributed by atoms with Gasteiger partial charge < -0.3 is 9.47 Å². The Bertz CT molecular complexity index is 610. The average Bonchev–Trinajstić information content (AvgIpc) is 2.95. The van der Waals surface area contributed by atoms with Crippen LogP contribution in [0.25, 0.3) is 0 Å². The molecule has 0 amide bonds. The van der Waals surface area contributed by atoms with Crippen molar-refractivity contribution in [3.8, 4) is 11.5 Å². The number of hydrogen-bond donors (Lipinski definition) is 0. The van der Waals surface area contributed by atoms with Crippen molar-refractivity contribution < 1.29 is 14.3 Å². The van der Waals surface area contributed by atoms with E-state index in [-0.39, 0.29) is 6.61 Å². The average molecular weight is 303 g/mol.